The zero-order valence-electron chi connectivity index (χ0n) is 9.16. The molecular formula is C11H18N2O. The Bertz CT molecular complexity index is 341. The monoisotopic (exact) mass is 194 g/mol. The lowest BCUT2D eigenvalue weighted by molar-refractivity contribution is 0.380. The van der Waals surface area contributed by atoms with Crippen LogP contribution >= 0.6 is 0 Å². The maximum absolute atomic E-state index is 11.4. The first-order valence-corrected chi connectivity index (χ1v) is 4.97. The van der Waals surface area contributed by atoms with Crippen molar-refractivity contribution in [1.82, 2.24) is 9.47 Å². The lowest BCUT2D eigenvalue weighted by Gasteiger charge is -2.11. The molecule has 0 saturated carbocycles. The Balaban J connectivity index is 2.79. The molecule has 0 amide bonds. The molecule has 0 aliphatic heterocycles. The normalized spacial score (nSPS) is 10.9. The minimum absolute atomic E-state index is 0.0871. The topological polar surface area (TPSA) is 25.2 Å². The molecular weight excluding hydrogens is 176 g/mol. The number of hydrogen-bond acceptors (Lipinski definition) is 2. The Kier molecular flexibility index (Phi) is 3.89. The molecule has 0 unspecified atom stereocenters. The minimum atomic E-state index is 0.0871. The van der Waals surface area contributed by atoms with Crippen molar-refractivity contribution in [1.29, 1.82) is 0 Å². The van der Waals surface area contributed by atoms with Crippen molar-refractivity contribution in [3.8, 4) is 0 Å². The fourth-order valence-electron chi connectivity index (χ4n) is 1.27. The molecule has 0 aliphatic rings. The molecule has 0 radical (unpaired) electrons. The second-order valence-corrected chi connectivity index (χ2v) is 3.73. The van der Waals surface area contributed by atoms with E-state index in [4.69, 9.17) is 0 Å². The third kappa shape index (κ3) is 3.00. The molecule has 78 valence electrons. The first-order valence-electron chi connectivity index (χ1n) is 4.97. The Hall–Kier alpha value is -1.09. The molecule has 14 heavy (non-hydrogen) atoms. The van der Waals surface area contributed by atoms with Crippen molar-refractivity contribution in [3.63, 3.8) is 0 Å². The second kappa shape index (κ2) is 4.96. The van der Waals surface area contributed by atoms with Gasteiger partial charge in [0.2, 0.25) is 0 Å². The third-order valence-corrected chi connectivity index (χ3v) is 2.24. The summed E-state index contributed by atoms with van der Waals surface area (Å²) < 4.78 is 1.78. The summed E-state index contributed by atoms with van der Waals surface area (Å²) in [5, 5.41) is 0. The molecule has 0 fully saturated rings. The first kappa shape index (κ1) is 11.0. The number of likely N-dealkylation sites (N-methyl/N-ethyl adjacent to an activating group) is 1. The maximum atomic E-state index is 11.4. The second-order valence-electron chi connectivity index (χ2n) is 3.73. The lowest BCUT2D eigenvalue weighted by atomic mass is 10.2. The fraction of sp³-hybridized carbons (Fsp3) is 0.545. The smallest absolute Gasteiger partial charge is 0.250 e. The number of aromatic nitrogens is 1. The van der Waals surface area contributed by atoms with E-state index < -0.39 is 0 Å². The van der Waals surface area contributed by atoms with Gasteiger partial charge in [0, 0.05) is 25.4 Å². The van der Waals surface area contributed by atoms with Crippen LogP contribution in [0.1, 0.15) is 12.5 Å². The van der Waals surface area contributed by atoms with Gasteiger partial charge in [0.25, 0.3) is 5.56 Å². The molecule has 0 aliphatic carbocycles. The van der Waals surface area contributed by atoms with Crippen LogP contribution in [0.3, 0.4) is 0 Å². The maximum Gasteiger partial charge on any atom is 0.250 e. The number of hydrogen-bond donors (Lipinski definition) is 0. The quantitative estimate of drug-likeness (QED) is 0.713. The van der Waals surface area contributed by atoms with E-state index in [0.29, 0.717) is 0 Å². The zero-order valence-corrected chi connectivity index (χ0v) is 9.16. The van der Waals surface area contributed by atoms with Gasteiger partial charge in [0.1, 0.15) is 0 Å². The van der Waals surface area contributed by atoms with Gasteiger partial charge in [-0.05, 0) is 26.1 Å². The van der Waals surface area contributed by atoms with Crippen molar-refractivity contribution in [2.45, 2.75) is 19.9 Å². The molecule has 0 N–H and O–H groups in total. The van der Waals surface area contributed by atoms with Crippen LogP contribution in [0.2, 0.25) is 0 Å². The summed E-state index contributed by atoms with van der Waals surface area (Å²) in [4.78, 5) is 13.5. The van der Waals surface area contributed by atoms with E-state index in [2.05, 4.69) is 11.8 Å². The van der Waals surface area contributed by atoms with Crippen LogP contribution in [-0.2, 0) is 13.0 Å². The van der Waals surface area contributed by atoms with Crippen molar-refractivity contribution >= 4 is 0 Å². The third-order valence-electron chi connectivity index (χ3n) is 2.24. The van der Waals surface area contributed by atoms with Gasteiger partial charge in [-0.3, -0.25) is 4.79 Å². The fourth-order valence-corrected chi connectivity index (χ4v) is 1.27. The SMILES string of the molecule is CCc1ccc(=O)n(CCN(C)C)c1. The Morgan fingerprint density at radius 3 is 2.64 bits per heavy atom. The molecule has 0 spiro atoms. The van der Waals surface area contributed by atoms with Gasteiger partial charge in [-0.25, -0.2) is 0 Å². The molecule has 1 rings (SSSR count). The summed E-state index contributed by atoms with van der Waals surface area (Å²) >= 11 is 0. The van der Waals surface area contributed by atoms with Crippen LogP contribution in [0.5, 0.6) is 0 Å². The molecule has 0 saturated heterocycles. The van der Waals surface area contributed by atoms with Crippen molar-refractivity contribution in [2.75, 3.05) is 20.6 Å². The van der Waals surface area contributed by atoms with Crippen molar-refractivity contribution in [3.05, 3.63) is 34.2 Å². The summed E-state index contributed by atoms with van der Waals surface area (Å²) in [6.45, 7) is 3.75. The van der Waals surface area contributed by atoms with Crippen LogP contribution in [0, 0.1) is 0 Å². The molecule has 1 aromatic rings. The van der Waals surface area contributed by atoms with E-state index in [0.717, 1.165) is 19.5 Å². The number of rotatable bonds is 4. The van der Waals surface area contributed by atoms with Crippen LogP contribution in [0.15, 0.2) is 23.1 Å². The summed E-state index contributed by atoms with van der Waals surface area (Å²) in [5.74, 6) is 0. The van der Waals surface area contributed by atoms with Gasteiger partial charge in [-0.1, -0.05) is 13.0 Å². The largest absolute Gasteiger partial charge is 0.314 e. The molecule has 3 heteroatoms. The van der Waals surface area contributed by atoms with Crippen LogP contribution < -0.4 is 5.56 Å². The molecule has 3 nitrogen and oxygen atoms in total. The van der Waals surface area contributed by atoms with Crippen LogP contribution in [0.4, 0.5) is 0 Å². The lowest BCUT2D eigenvalue weighted by Crippen LogP contribution is -2.25. The number of nitrogens with zero attached hydrogens (tertiary/aromatic N) is 2. The Labute approximate surface area is 85.0 Å². The van der Waals surface area contributed by atoms with Gasteiger partial charge in [0.05, 0.1) is 0 Å². The summed E-state index contributed by atoms with van der Waals surface area (Å²) in [7, 11) is 4.02. The zero-order chi connectivity index (χ0) is 10.6. The van der Waals surface area contributed by atoms with Gasteiger partial charge in [0.15, 0.2) is 0 Å². The number of aryl methyl sites for hydroxylation is 1. The van der Waals surface area contributed by atoms with E-state index in [-0.39, 0.29) is 5.56 Å². The van der Waals surface area contributed by atoms with Gasteiger partial charge in [-0.15, -0.1) is 0 Å². The average Bonchev–Trinajstić information content (AvgIpc) is 2.16. The summed E-state index contributed by atoms with van der Waals surface area (Å²) in [6.07, 6.45) is 2.92. The van der Waals surface area contributed by atoms with Crippen molar-refractivity contribution < 1.29 is 0 Å². The average molecular weight is 194 g/mol. The standard InChI is InChI=1S/C11H18N2O/c1-4-10-5-6-11(14)13(9-10)8-7-12(2)3/h5-6,9H,4,7-8H2,1-3H3. The predicted octanol–water partition coefficient (Wildman–Crippen LogP) is 0.972. The first-order chi connectivity index (χ1) is 6.63. The molecule has 0 bridgehead atoms. The minimum Gasteiger partial charge on any atom is -0.314 e. The van der Waals surface area contributed by atoms with E-state index in [1.54, 1.807) is 10.6 Å². The summed E-state index contributed by atoms with van der Waals surface area (Å²) in [6, 6.07) is 3.54. The highest BCUT2D eigenvalue weighted by atomic mass is 16.1. The van der Waals surface area contributed by atoms with Gasteiger partial charge in [-0.2, -0.15) is 0 Å². The van der Waals surface area contributed by atoms with Gasteiger partial charge >= 0.3 is 0 Å². The highest BCUT2D eigenvalue weighted by Crippen LogP contribution is 1.96. The number of pyridine rings is 1. The van der Waals surface area contributed by atoms with Crippen molar-refractivity contribution in [2.24, 2.45) is 0 Å². The van der Waals surface area contributed by atoms with E-state index in [1.165, 1.54) is 5.56 Å². The summed E-state index contributed by atoms with van der Waals surface area (Å²) in [5.41, 5.74) is 1.30. The van der Waals surface area contributed by atoms with Crippen LogP contribution in [-0.4, -0.2) is 30.1 Å². The highest BCUT2D eigenvalue weighted by Gasteiger charge is 1.97. The molecule has 0 aromatic carbocycles. The van der Waals surface area contributed by atoms with Crippen LogP contribution in [0.25, 0.3) is 0 Å². The molecule has 0 atom stereocenters. The molecule has 1 aromatic heterocycles. The Morgan fingerprint density at radius 2 is 2.07 bits per heavy atom. The van der Waals surface area contributed by atoms with E-state index in [9.17, 15) is 4.79 Å². The van der Waals surface area contributed by atoms with E-state index in [1.807, 2.05) is 26.4 Å². The highest BCUT2D eigenvalue weighted by molar-refractivity contribution is 5.09. The van der Waals surface area contributed by atoms with Gasteiger partial charge < -0.3 is 9.47 Å². The Morgan fingerprint density at radius 1 is 1.36 bits per heavy atom. The molecule has 1 heterocycles. The predicted molar refractivity (Wildman–Crippen MR) is 58.6 cm³/mol. The van der Waals surface area contributed by atoms with E-state index >= 15 is 0 Å².